The van der Waals surface area contributed by atoms with Gasteiger partial charge in [0.15, 0.2) is 0 Å². The molecule has 22 heavy (non-hydrogen) atoms. The van der Waals surface area contributed by atoms with E-state index in [-0.39, 0.29) is 41.4 Å². The molecule has 0 aliphatic heterocycles. The van der Waals surface area contributed by atoms with Crippen LogP contribution in [-0.2, 0) is 16.1 Å². The molecular formula is C15H21ClFN3O2. The fourth-order valence-corrected chi connectivity index (χ4v) is 1.95. The Morgan fingerprint density at radius 1 is 1.41 bits per heavy atom. The molecular weight excluding hydrogens is 309 g/mol. The van der Waals surface area contributed by atoms with E-state index in [0.29, 0.717) is 0 Å². The van der Waals surface area contributed by atoms with E-state index in [1.54, 1.807) is 6.07 Å². The second-order valence-electron chi connectivity index (χ2n) is 5.44. The first kappa shape index (κ1) is 18.4. The molecule has 0 fully saturated rings. The van der Waals surface area contributed by atoms with Crippen molar-refractivity contribution in [2.45, 2.75) is 26.4 Å². The molecule has 5 nitrogen and oxygen atoms in total. The molecule has 1 atom stereocenters. The lowest BCUT2D eigenvalue weighted by molar-refractivity contribution is -0.132. The predicted octanol–water partition coefficient (Wildman–Crippen LogP) is 1.54. The van der Waals surface area contributed by atoms with Crippen molar-refractivity contribution < 1.29 is 14.0 Å². The van der Waals surface area contributed by atoms with E-state index in [9.17, 15) is 14.0 Å². The van der Waals surface area contributed by atoms with Crippen LogP contribution >= 0.6 is 11.6 Å². The molecule has 0 saturated heterocycles. The van der Waals surface area contributed by atoms with Gasteiger partial charge in [-0.3, -0.25) is 9.59 Å². The number of nitrogens with one attached hydrogen (secondary N) is 1. The van der Waals surface area contributed by atoms with Crippen LogP contribution in [0.25, 0.3) is 0 Å². The van der Waals surface area contributed by atoms with Crippen molar-refractivity contribution in [2.24, 2.45) is 11.7 Å². The lowest BCUT2D eigenvalue weighted by Gasteiger charge is -2.20. The first-order valence-electron chi connectivity index (χ1n) is 6.94. The van der Waals surface area contributed by atoms with Crippen molar-refractivity contribution in [2.75, 3.05) is 13.6 Å². The summed E-state index contributed by atoms with van der Waals surface area (Å²) in [6.07, 6.45) is 0. The third-order valence-corrected chi connectivity index (χ3v) is 3.67. The average molecular weight is 330 g/mol. The van der Waals surface area contributed by atoms with Gasteiger partial charge in [0.1, 0.15) is 5.82 Å². The van der Waals surface area contributed by atoms with Gasteiger partial charge in [0.05, 0.1) is 12.6 Å². The SMILES string of the molecule is CC(C)[C@H](N)C(=O)NCC(=O)N(C)Cc1c(F)cccc1Cl. The number of nitrogens with two attached hydrogens (primary N) is 1. The Labute approximate surface area is 134 Å². The van der Waals surface area contributed by atoms with Gasteiger partial charge in [-0.2, -0.15) is 0 Å². The number of carbonyl (C=O) groups excluding carboxylic acids is 2. The lowest BCUT2D eigenvalue weighted by Crippen LogP contribution is -2.47. The molecule has 122 valence electrons. The molecule has 0 aliphatic carbocycles. The summed E-state index contributed by atoms with van der Waals surface area (Å²) in [5.74, 6) is -1.24. The van der Waals surface area contributed by atoms with Gasteiger partial charge in [-0.25, -0.2) is 4.39 Å². The molecule has 0 saturated carbocycles. The first-order valence-corrected chi connectivity index (χ1v) is 7.32. The van der Waals surface area contributed by atoms with Gasteiger partial charge in [-0.05, 0) is 18.1 Å². The van der Waals surface area contributed by atoms with Crippen LogP contribution in [0, 0.1) is 11.7 Å². The van der Waals surface area contributed by atoms with E-state index >= 15 is 0 Å². The van der Waals surface area contributed by atoms with Crippen molar-refractivity contribution in [1.29, 1.82) is 0 Å². The molecule has 0 unspecified atom stereocenters. The third-order valence-electron chi connectivity index (χ3n) is 3.32. The fourth-order valence-electron chi connectivity index (χ4n) is 1.73. The minimum Gasteiger partial charge on any atom is -0.346 e. The Balaban J connectivity index is 2.58. The van der Waals surface area contributed by atoms with Crippen molar-refractivity contribution in [1.82, 2.24) is 10.2 Å². The van der Waals surface area contributed by atoms with Gasteiger partial charge in [0, 0.05) is 24.2 Å². The van der Waals surface area contributed by atoms with Crippen molar-refractivity contribution in [3.8, 4) is 0 Å². The van der Waals surface area contributed by atoms with Crippen LogP contribution in [0.4, 0.5) is 4.39 Å². The molecule has 0 bridgehead atoms. The topological polar surface area (TPSA) is 75.4 Å². The Morgan fingerprint density at radius 3 is 2.59 bits per heavy atom. The average Bonchev–Trinajstić information content (AvgIpc) is 2.47. The number of amides is 2. The maximum Gasteiger partial charge on any atom is 0.242 e. The predicted molar refractivity (Wildman–Crippen MR) is 83.7 cm³/mol. The van der Waals surface area contributed by atoms with Crippen molar-refractivity contribution >= 4 is 23.4 Å². The van der Waals surface area contributed by atoms with Crippen molar-refractivity contribution in [3.63, 3.8) is 0 Å². The summed E-state index contributed by atoms with van der Waals surface area (Å²) in [4.78, 5) is 25.0. The smallest absolute Gasteiger partial charge is 0.242 e. The number of rotatable bonds is 6. The second kappa shape index (κ2) is 8.10. The van der Waals surface area contributed by atoms with Gasteiger partial charge in [0.2, 0.25) is 11.8 Å². The van der Waals surface area contributed by atoms with Crippen LogP contribution in [-0.4, -0.2) is 36.3 Å². The molecule has 0 aromatic heterocycles. The summed E-state index contributed by atoms with van der Waals surface area (Å²) in [5.41, 5.74) is 5.92. The number of hydrogen-bond acceptors (Lipinski definition) is 3. The van der Waals surface area contributed by atoms with Gasteiger partial charge >= 0.3 is 0 Å². The Kier molecular flexibility index (Phi) is 6.77. The highest BCUT2D eigenvalue weighted by molar-refractivity contribution is 6.31. The molecule has 0 heterocycles. The zero-order valence-electron chi connectivity index (χ0n) is 12.9. The number of carbonyl (C=O) groups is 2. The summed E-state index contributed by atoms with van der Waals surface area (Å²) < 4.78 is 13.7. The second-order valence-corrected chi connectivity index (χ2v) is 5.84. The normalized spacial score (nSPS) is 12.1. The monoisotopic (exact) mass is 329 g/mol. The Hall–Kier alpha value is -1.66. The molecule has 1 aromatic rings. The van der Waals surface area contributed by atoms with E-state index < -0.39 is 11.9 Å². The van der Waals surface area contributed by atoms with Crippen LogP contribution in [0.3, 0.4) is 0 Å². The molecule has 2 amide bonds. The highest BCUT2D eigenvalue weighted by Gasteiger charge is 2.19. The first-order chi connectivity index (χ1) is 10.2. The van der Waals surface area contributed by atoms with Gasteiger partial charge in [-0.15, -0.1) is 0 Å². The highest BCUT2D eigenvalue weighted by atomic mass is 35.5. The summed E-state index contributed by atoms with van der Waals surface area (Å²) >= 11 is 5.92. The summed E-state index contributed by atoms with van der Waals surface area (Å²) in [6.45, 7) is 3.47. The fraction of sp³-hybridized carbons (Fsp3) is 0.467. The molecule has 0 spiro atoms. The maximum atomic E-state index is 13.7. The van der Waals surface area contributed by atoms with E-state index in [1.165, 1.54) is 24.1 Å². The minimum atomic E-state index is -0.667. The molecule has 1 rings (SSSR count). The number of hydrogen-bond donors (Lipinski definition) is 2. The quantitative estimate of drug-likeness (QED) is 0.831. The highest BCUT2D eigenvalue weighted by Crippen LogP contribution is 2.20. The zero-order valence-corrected chi connectivity index (χ0v) is 13.7. The summed E-state index contributed by atoms with van der Waals surface area (Å²) in [5, 5.41) is 2.73. The summed E-state index contributed by atoms with van der Waals surface area (Å²) in [7, 11) is 1.51. The largest absolute Gasteiger partial charge is 0.346 e. The molecule has 3 N–H and O–H groups in total. The minimum absolute atomic E-state index is 0.0231. The van der Waals surface area contributed by atoms with E-state index in [0.717, 1.165) is 0 Å². The lowest BCUT2D eigenvalue weighted by atomic mass is 10.1. The van der Waals surface area contributed by atoms with Crippen LogP contribution in [0.15, 0.2) is 18.2 Å². The number of halogens is 2. The van der Waals surface area contributed by atoms with E-state index in [2.05, 4.69) is 5.32 Å². The van der Waals surface area contributed by atoms with Crippen molar-refractivity contribution in [3.05, 3.63) is 34.6 Å². The zero-order chi connectivity index (χ0) is 16.9. The third kappa shape index (κ3) is 4.96. The molecule has 7 heteroatoms. The Morgan fingerprint density at radius 2 is 2.05 bits per heavy atom. The molecule has 0 radical (unpaired) electrons. The van der Waals surface area contributed by atoms with Gasteiger partial charge in [0.25, 0.3) is 0 Å². The maximum absolute atomic E-state index is 13.7. The molecule has 0 aliphatic rings. The van der Waals surface area contributed by atoms with Gasteiger partial charge in [-0.1, -0.05) is 31.5 Å². The van der Waals surface area contributed by atoms with E-state index in [4.69, 9.17) is 17.3 Å². The van der Waals surface area contributed by atoms with Crippen LogP contribution in [0.2, 0.25) is 5.02 Å². The number of benzene rings is 1. The van der Waals surface area contributed by atoms with Crippen LogP contribution in [0.1, 0.15) is 19.4 Å². The summed E-state index contributed by atoms with van der Waals surface area (Å²) in [6, 6.07) is 3.67. The Bertz CT molecular complexity index is 531. The molecule has 1 aromatic carbocycles. The standard InChI is InChI=1S/C15H21ClFN3O2/c1-9(2)14(18)15(22)19-7-13(21)20(3)8-10-11(16)5-4-6-12(10)17/h4-6,9,14H,7-8,18H2,1-3H3,(H,19,22)/t14-/m0/s1. The van der Waals surface area contributed by atoms with Crippen LogP contribution < -0.4 is 11.1 Å². The van der Waals surface area contributed by atoms with Gasteiger partial charge < -0.3 is 16.0 Å². The number of nitrogens with zero attached hydrogens (tertiary/aromatic N) is 1. The van der Waals surface area contributed by atoms with Crippen LogP contribution in [0.5, 0.6) is 0 Å². The van der Waals surface area contributed by atoms with E-state index in [1.807, 2.05) is 13.8 Å². The number of likely N-dealkylation sites (N-methyl/N-ethyl adjacent to an activating group) is 1.